The summed E-state index contributed by atoms with van der Waals surface area (Å²) in [5.41, 5.74) is 0.396. The van der Waals surface area contributed by atoms with E-state index < -0.39 is 17.6 Å². The number of hydrogen-bond donors (Lipinski definition) is 0. The normalized spacial score (nSPS) is 44.4. The predicted octanol–water partition coefficient (Wildman–Crippen LogP) is 0.691. The number of allylic oxidation sites excluding steroid dienone is 1. The van der Waals surface area contributed by atoms with Crippen LogP contribution in [0.1, 0.15) is 26.7 Å². The van der Waals surface area contributed by atoms with E-state index in [-0.39, 0.29) is 23.9 Å². The van der Waals surface area contributed by atoms with Gasteiger partial charge in [-0.05, 0) is 38.3 Å². The van der Waals surface area contributed by atoms with Crippen molar-refractivity contribution in [3.8, 4) is 0 Å². The number of hydrogen-bond acceptors (Lipinski definition) is 4. The molecule has 1 saturated carbocycles. The quantitative estimate of drug-likeness (QED) is 0.652. The number of carbonyl (C=O) groups is 2. The monoisotopic (exact) mass is 260 g/mol. The number of fused-ring (bicyclic) bond motifs is 3. The first-order valence-electron chi connectivity index (χ1n) is 6.79. The fourth-order valence-electron chi connectivity index (χ4n) is 3.55. The van der Waals surface area contributed by atoms with Crippen LogP contribution < -0.4 is 0 Å². The standard InChI is InChI=1S/C14H16N2O3/c1-7-5-14(2)11(15-6-7)9-10(19-14)13(18)16(12(9)17)8-3-4-8/h5-6,8-11H,3-4H2,1-2H3. The number of aliphatic imine (C=N–C) groups is 1. The molecule has 4 rings (SSSR count). The molecule has 3 aliphatic heterocycles. The maximum absolute atomic E-state index is 12.5. The van der Waals surface area contributed by atoms with Crippen LogP contribution in [0.5, 0.6) is 0 Å². The molecular weight excluding hydrogens is 244 g/mol. The fraction of sp³-hybridized carbons (Fsp3) is 0.643. The van der Waals surface area contributed by atoms with Gasteiger partial charge in [0.05, 0.1) is 12.0 Å². The Balaban J connectivity index is 1.73. The third-order valence-corrected chi connectivity index (χ3v) is 4.50. The Morgan fingerprint density at radius 1 is 1.37 bits per heavy atom. The predicted molar refractivity (Wildman–Crippen MR) is 67.7 cm³/mol. The first kappa shape index (κ1) is 11.3. The summed E-state index contributed by atoms with van der Waals surface area (Å²) in [6, 6.07) is -0.147. The molecule has 0 bridgehead atoms. The van der Waals surface area contributed by atoms with Crippen LogP contribution in [-0.4, -0.2) is 46.7 Å². The fourth-order valence-corrected chi connectivity index (χ4v) is 3.55. The molecule has 0 radical (unpaired) electrons. The van der Waals surface area contributed by atoms with E-state index in [0.29, 0.717) is 0 Å². The highest BCUT2D eigenvalue weighted by Gasteiger charge is 2.65. The molecule has 1 aliphatic carbocycles. The maximum Gasteiger partial charge on any atom is 0.259 e. The number of nitrogens with zero attached hydrogens (tertiary/aromatic N) is 2. The minimum atomic E-state index is -0.637. The number of imide groups is 1. The Morgan fingerprint density at radius 2 is 2.11 bits per heavy atom. The van der Waals surface area contributed by atoms with Crippen LogP contribution in [0.25, 0.3) is 0 Å². The van der Waals surface area contributed by atoms with Crippen LogP contribution >= 0.6 is 0 Å². The lowest BCUT2D eigenvalue weighted by Crippen LogP contribution is -2.44. The Kier molecular flexibility index (Phi) is 1.99. The molecule has 19 heavy (non-hydrogen) atoms. The van der Waals surface area contributed by atoms with Crippen LogP contribution in [-0.2, 0) is 14.3 Å². The third kappa shape index (κ3) is 1.36. The number of amides is 2. The van der Waals surface area contributed by atoms with E-state index in [9.17, 15) is 9.59 Å². The van der Waals surface area contributed by atoms with Crippen molar-refractivity contribution in [3.63, 3.8) is 0 Å². The summed E-state index contributed by atoms with van der Waals surface area (Å²) >= 11 is 0. The average molecular weight is 260 g/mol. The lowest BCUT2D eigenvalue weighted by molar-refractivity contribution is -0.146. The Labute approximate surface area is 111 Å². The molecule has 0 N–H and O–H groups in total. The molecule has 5 nitrogen and oxygen atoms in total. The van der Waals surface area contributed by atoms with Crippen molar-refractivity contribution in [1.82, 2.24) is 4.90 Å². The second-order valence-electron chi connectivity index (χ2n) is 6.14. The number of ether oxygens (including phenoxy) is 1. The van der Waals surface area contributed by atoms with E-state index in [4.69, 9.17) is 4.74 Å². The summed E-state index contributed by atoms with van der Waals surface area (Å²) in [4.78, 5) is 30.7. The van der Waals surface area contributed by atoms with Gasteiger partial charge >= 0.3 is 0 Å². The van der Waals surface area contributed by atoms with Gasteiger partial charge in [0.25, 0.3) is 5.91 Å². The Bertz CT molecular complexity index is 549. The molecular formula is C14H16N2O3. The molecule has 0 spiro atoms. The van der Waals surface area contributed by atoms with Crippen molar-refractivity contribution < 1.29 is 14.3 Å². The van der Waals surface area contributed by atoms with Crippen LogP contribution in [0.3, 0.4) is 0 Å². The molecule has 4 aliphatic rings. The molecule has 0 aromatic carbocycles. The third-order valence-electron chi connectivity index (χ3n) is 4.50. The van der Waals surface area contributed by atoms with E-state index in [0.717, 1.165) is 18.4 Å². The van der Waals surface area contributed by atoms with Gasteiger partial charge in [0.15, 0.2) is 6.10 Å². The highest BCUT2D eigenvalue weighted by atomic mass is 16.5. The number of dihydropyridines is 1. The molecule has 4 atom stereocenters. The van der Waals surface area contributed by atoms with Crippen molar-refractivity contribution in [1.29, 1.82) is 0 Å². The van der Waals surface area contributed by atoms with Gasteiger partial charge in [-0.1, -0.05) is 0 Å². The van der Waals surface area contributed by atoms with Gasteiger partial charge in [0.2, 0.25) is 5.91 Å². The smallest absolute Gasteiger partial charge is 0.259 e. The van der Waals surface area contributed by atoms with Crippen molar-refractivity contribution in [2.45, 2.75) is 50.5 Å². The second-order valence-corrected chi connectivity index (χ2v) is 6.14. The van der Waals surface area contributed by atoms with Crippen LogP contribution in [0.2, 0.25) is 0 Å². The number of likely N-dealkylation sites (tertiary alicyclic amines) is 1. The lowest BCUT2D eigenvalue weighted by atomic mass is 9.85. The van der Waals surface area contributed by atoms with E-state index in [1.54, 1.807) is 6.21 Å². The van der Waals surface area contributed by atoms with Crippen molar-refractivity contribution in [2.75, 3.05) is 0 Å². The van der Waals surface area contributed by atoms with Crippen LogP contribution in [0, 0.1) is 5.92 Å². The zero-order valence-electron chi connectivity index (χ0n) is 11.0. The van der Waals surface area contributed by atoms with E-state index in [1.807, 2.05) is 19.9 Å². The van der Waals surface area contributed by atoms with E-state index in [1.165, 1.54) is 4.90 Å². The Hall–Kier alpha value is -1.49. The summed E-state index contributed by atoms with van der Waals surface area (Å²) in [6.07, 6.45) is 4.98. The number of rotatable bonds is 1. The highest BCUT2D eigenvalue weighted by molar-refractivity contribution is 6.08. The molecule has 2 amide bonds. The Morgan fingerprint density at radius 3 is 2.79 bits per heavy atom. The van der Waals surface area contributed by atoms with Crippen LogP contribution in [0.4, 0.5) is 0 Å². The van der Waals surface area contributed by atoms with Gasteiger partial charge in [-0.2, -0.15) is 0 Å². The SMILES string of the molecule is CC1=CC2(C)OC3C(=O)N(C4CC4)C(=O)C3C2N=C1. The first-order chi connectivity index (χ1) is 9.01. The molecule has 0 aromatic rings. The van der Waals surface area contributed by atoms with Gasteiger partial charge in [-0.3, -0.25) is 19.5 Å². The van der Waals surface area contributed by atoms with Crippen molar-refractivity contribution in [2.24, 2.45) is 10.9 Å². The number of carbonyl (C=O) groups excluding carboxylic acids is 2. The first-order valence-corrected chi connectivity index (χ1v) is 6.79. The zero-order valence-corrected chi connectivity index (χ0v) is 11.0. The molecule has 0 aromatic heterocycles. The minimum Gasteiger partial charge on any atom is -0.355 e. The van der Waals surface area contributed by atoms with Crippen LogP contribution in [0.15, 0.2) is 16.6 Å². The summed E-state index contributed by atoms with van der Waals surface area (Å²) in [5, 5.41) is 0. The topological polar surface area (TPSA) is 59.0 Å². The molecule has 3 fully saturated rings. The largest absolute Gasteiger partial charge is 0.355 e. The van der Waals surface area contributed by atoms with Gasteiger partial charge in [0, 0.05) is 12.3 Å². The second kappa shape index (κ2) is 3.33. The van der Waals surface area contributed by atoms with Gasteiger partial charge in [0.1, 0.15) is 5.60 Å². The van der Waals surface area contributed by atoms with Gasteiger partial charge in [-0.25, -0.2) is 0 Å². The van der Waals surface area contributed by atoms with E-state index >= 15 is 0 Å². The van der Waals surface area contributed by atoms with Gasteiger partial charge in [-0.15, -0.1) is 0 Å². The molecule has 100 valence electrons. The van der Waals surface area contributed by atoms with E-state index in [2.05, 4.69) is 4.99 Å². The highest BCUT2D eigenvalue weighted by Crippen LogP contribution is 2.47. The molecule has 2 saturated heterocycles. The summed E-state index contributed by atoms with van der Waals surface area (Å²) in [5.74, 6) is -0.676. The maximum atomic E-state index is 12.5. The lowest BCUT2D eigenvalue weighted by Gasteiger charge is -2.30. The summed E-state index contributed by atoms with van der Waals surface area (Å²) in [7, 11) is 0. The molecule has 3 heterocycles. The summed E-state index contributed by atoms with van der Waals surface area (Å²) < 4.78 is 5.94. The summed E-state index contributed by atoms with van der Waals surface area (Å²) in [6.45, 7) is 3.86. The van der Waals surface area contributed by atoms with Crippen molar-refractivity contribution in [3.05, 3.63) is 11.6 Å². The zero-order chi connectivity index (χ0) is 13.4. The van der Waals surface area contributed by atoms with Crippen molar-refractivity contribution >= 4 is 18.0 Å². The average Bonchev–Trinajstić information content (AvgIpc) is 3.06. The molecule has 4 unspecified atom stereocenters. The molecule has 5 heteroatoms. The van der Waals surface area contributed by atoms with Gasteiger partial charge < -0.3 is 4.74 Å². The minimum absolute atomic E-state index is 0.0867.